The van der Waals surface area contributed by atoms with Gasteiger partial charge in [0.05, 0.1) is 0 Å². The predicted octanol–water partition coefficient (Wildman–Crippen LogP) is 3.18. The summed E-state index contributed by atoms with van der Waals surface area (Å²) in [5.74, 6) is 2.53. The SMILES string of the molecule is CCCCNc1nccc2cc3c(cc12)OCO3. The molecule has 0 saturated carbocycles. The van der Waals surface area contributed by atoms with Gasteiger partial charge in [0.15, 0.2) is 11.5 Å². The van der Waals surface area contributed by atoms with Crippen molar-refractivity contribution in [2.45, 2.75) is 19.8 Å². The summed E-state index contributed by atoms with van der Waals surface area (Å²) < 4.78 is 10.8. The molecule has 0 saturated heterocycles. The Morgan fingerprint density at radius 3 is 2.94 bits per heavy atom. The molecular formula is C14H16N2O2. The summed E-state index contributed by atoms with van der Waals surface area (Å²) in [7, 11) is 0. The molecule has 0 spiro atoms. The summed E-state index contributed by atoms with van der Waals surface area (Å²) in [5, 5.41) is 5.57. The molecule has 4 nitrogen and oxygen atoms in total. The van der Waals surface area contributed by atoms with Crippen LogP contribution in [0.3, 0.4) is 0 Å². The first-order valence-corrected chi connectivity index (χ1v) is 6.30. The molecule has 1 aliphatic heterocycles. The number of ether oxygens (including phenoxy) is 2. The van der Waals surface area contributed by atoms with Crippen molar-refractivity contribution in [3.05, 3.63) is 24.4 Å². The third-order valence-electron chi connectivity index (χ3n) is 3.08. The van der Waals surface area contributed by atoms with Crippen LogP contribution in [0.25, 0.3) is 10.8 Å². The van der Waals surface area contributed by atoms with Crippen molar-refractivity contribution in [2.24, 2.45) is 0 Å². The Morgan fingerprint density at radius 2 is 2.11 bits per heavy atom. The highest BCUT2D eigenvalue weighted by Crippen LogP contribution is 2.37. The van der Waals surface area contributed by atoms with Crippen LogP contribution < -0.4 is 14.8 Å². The number of pyridine rings is 1. The fourth-order valence-corrected chi connectivity index (χ4v) is 2.09. The number of anilines is 1. The lowest BCUT2D eigenvalue weighted by atomic mass is 10.1. The van der Waals surface area contributed by atoms with E-state index in [1.54, 1.807) is 0 Å². The van der Waals surface area contributed by atoms with E-state index in [0.29, 0.717) is 6.79 Å². The van der Waals surface area contributed by atoms with Crippen molar-refractivity contribution >= 4 is 16.6 Å². The number of fused-ring (bicyclic) bond motifs is 2. The van der Waals surface area contributed by atoms with Crippen LogP contribution in [-0.2, 0) is 0 Å². The van der Waals surface area contributed by atoms with E-state index in [-0.39, 0.29) is 0 Å². The standard InChI is InChI=1S/C14H16N2O2/c1-2-3-5-15-14-11-8-13-12(17-9-18-13)7-10(11)4-6-16-14/h4,6-8H,2-3,5,9H2,1H3,(H,15,16). The van der Waals surface area contributed by atoms with E-state index in [0.717, 1.165) is 41.1 Å². The second-order valence-electron chi connectivity index (χ2n) is 4.37. The number of nitrogens with one attached hydrogen (secondary N) is 1. The first kappa shape index (κ1) is 11.1. The second-order valence-corrected chi connectivity index (χ2v) is 4.37. The van der Waals surface area contributed by atoms with E-state index in [9.17, 15) is 0 Å². The molecule has 0 fully saturated rings. The molecule has 1 aromatic heterocycles. The largest absolute Gasteiger partial charge is 0.454 e. The Balaban J connectivity index is 1.99. The summed E-state index contributed by atoms with van der Waals surface area (Å²) in [6.07, 6.45) is 4.13. The van der Waals surface area contributed by atoms with E-state index in [2.05, 4.69) is 17.2 Å². The van der Waals surface area contributed by atoms with E-state index >= 15 is 0 Å². The molecule has 18 heavy (non-hydrogen) atoms. The number of benzene rings is 1. The number of rotatable bonds is 4. The number of hydrogen-bond acceptors (Lipinski definition) is 4. The molecule has 3 rings (SSSR count). The van der Waals surface area contributed by atoms with E-state index in [1.807, 2.05) is 24.4 Å². The summed E-state index contributed by atoms with van der Waals surface area (Å²) >= 11 is 0. The van der Waals surface area contributed by atoms with Crippen LogP contribution in [0.2, 0.25) is 0 Å². The maximum Gasteiger partial charge on any atom is 0.231 e. The molecule has 0 aliphatic carbocycles. The Hall–Kier alpha value is -1.97. The molecule has 0 bridgehead atoms. The van der Waals surface area contributed by atoms with Gasteiger partial charge in [-0.2, -0.15) is 0 Å². The minimum absolute atomic E-state index is 0.303. The van der Waals surface area contributed by atoms with Gasteiger partial charge in [0.25, 0.3) is 0 Å². The van der Waals surface area contributed by atoms with Crippen LogP contribution in [0.1, 0.15) is 19.8 Å². The lowest BCUT2D eigenvalue weighted by Gasteiger charge is -2.08. The minimum Gasteiger partial charge on any atom is -0.454 e. The lowest BCUT2D eigenvalue weighted by molar-refractivity contribution is 0.174. The molecule has 1 N–H and O–H groups in total. The number of hydrogen-bond donors (Lipinski definition) is 1. The highest BCUT2D eigenvalue weighted by atomic mass is 16.7. The fraction of sp³-hybridized carbons (Fsp3) is 0.357. The van der Waals surface area contributed by atoms with Crippen LogP contribution in [-0.4, -0.2) is 18.3 Å². The second kappa shape index (κ2) is 4.72. The molecule has 2 aromatic rings. The van der Waals surface area contributed by atoms with Crippen LogP contribution >= 0.6 is 0 Å². The minimum atomic E-state index is 0.303. The zero-order valence-electron chi connectivity index (χ0n) is 10.4. The molecular weight excluding hydrogens is 228 g/mol. The van der Waals surface area contributed by atoms with Gasteiger partial charge in [0, 0.05) is 18.1 Å². The molecule has 0 unspecified atom stereocenters. The molecule has 0 amide bonds. The van der Waals surface area contributed by atoms with Crippen LogP contribution in [0.4, 0.5) is 5.82 Å². The smallest absolute Gasteiger partial charge is 0.231 e. The summed E-state index contributed by atoms with van der Waals surface area (Å²) in [6.45, 7) is 3.42. The van der Waals surface area contributed by atoms with Crippen LogP contribution in [0, 0.1) is 0 Å². The summed E-state index contributed by atoms with van der Waals surface area (Å²) in [6, 6.07) is 5.99. The van der Waals surface area contributed by atoms with Crippen molar-refractivity contribution in [2.75, 3.05) is 18.7 Å². The van der Waals surface area contributed by atoms with E-state index in [4.69, 9.17) is 9.47 Å². The molecule has 4 heteroatoms. The number of nitrogens with zero attached hydrogens (tertiary/aromatic N) is 1. The summed E-state index contributed by atoms with van der Waals surface area (Å²) in [4.78, 5) is 4.40. The molecule has 1 aromatic carbocycles. The maximum absolute atomic E-state index is 5.41. The van der Waals surface area contributed by atoms with Gasteiger partial charge in [0.2, 0.25) is 6.79 Å². The quantitative estimate of drug-likeness (QED) is 0.839. The lowest BCUT2D eigenvalue weighted by Crippen LogP contribution is -2.03. The third-order valence-corrected chi connectivity index (χ3v) is 3.08. The van der Waals surface area contributed by atoms with Crippen LogP contribution in [0.15, 0.2) is 24.4 Å². The molecule has 0 atom stereocenters. The van der Waals surface area contributed by atoms with E-state index in [1.165, 1.54) is 6.42 Å². The van der Waals surface area contributed by atoms with Gasteiger partial charge < -0.3 is 14.8 Å². The van der Waals surface area contributed by atoms with E-state index < -0.39 is 0 Å². The molecule has 2 heterocycles. The van der Waals surface area contributed by atoms with Gasteiger partial charge in [-0.1, -0.05) is 13.3 Å². The van der Waals surface area contributed by atoms with Crippen molar-refractivity contribution in [3.63, 3.8) is 0 Å². The maximum atomic E-state index is 5.41. The van der Waals surface area contributed by atoms with Crippen LogP contribution in [0.5, 0.6) is 11.5 Å². The number of unbranched alkanes of at least 4 members (excludes halogenated alkanes) is 1. The zero-order chi connectivity index (χ0) is 12.4. The van der Waals surface area contributed by atoms with Crippen molar-refractivity contribution in [1.29, 1.82) is 0 Å². The van der Waals surface area contributed by atoms with Gasteiger partial charge in [-0.05, 0) is 30.0 Å². The van der Waals surface area contributed by atoms with Gasteiger partial charge in [-0.25, -0.2) is 4.98 Å². The van der Waals surface area contributed by atoms with Gasteiger partial charge in [0.1, 0.15) is 5.82 Å². The molecule has 1 aliphatic rings. The highest BCUT2D eigenvalue weighted by Gasteiger charge is 2.15. The number of aromatic nitrogens is 1. The average molecular weight is 244 g/mol. The zero-order valence-corrected chi connectivity index (χ0v) is 10.4. The van der Waals surface area contributed by atoms with Crippen molar-refractivity contribution in [3.8, 4) is 11.5 Å². The summed E-state index contributed by atoms with van der Waals surface area (Å²) in [5.41, 5.74) is 0. The Labute approximate surface area is 106 Å². The van der Waals surface area contributed by atoms with Gasteiger partial charge >= 0.3 is 0 Å². The average Bonchev–Trinajstić information content (AvgIpc) is 2.84. The third kappa shape index (κ3) is 1.94. The molecule has 0 radical (unpaired) electrons. The normalized spacial score (nSPS) is 12.9. The van der Waals surface area contributed by atoms with Gasteiger partial charge in [-0.3, -0.25) is 0 Å². The van der Waals surface area contributed by atoms with Gasteiger partial charge in [-0.15, -0.1) is 0 Å². The molecule has 94 valence electrons. The van der Waals surface area contributed by atoms with Crippen molar-refractivity contribution in [1.82, 2.24) is 4.98 Å². The Kier molecular flexibility index (Phi) is 2.92. The van der Waals surface area contributed by atoms with Crippen molar-refractivity contribution < 1.29 is 9.47 Å². The predicted molar refractivity (Wildman–Crippen MR) is 71.3 cm³/mol. The Bertz CT molecular complexity index is 569. The first-order chi connectivity index (χ1) is 8.88. The fourth-order valence-electron chi connectivity index (χ4n) is 2.09. The topological polar surface area (TPSA) is 43.4 Å². The monoisotopic (exact) mass is 244 g/mol. The first-order valence-electron chi connectivity index (χ1n) is 6.30. The highest BCUT2D eigenvalue weighted by molar-refractivity contribution is 5.94. The Morgan fingerprint density at radius 1 is 1.28 bits per heavy atom.